The van der Waals surface area contributed by atoms with Gasteiger partial charge >= 0.3 is 11.9 Å². The van der Waals surface area contributed by atoms with Crippen LogP contribution in [0.25, 0.3) is 33.6 Å². The van der Waals surface area contributed by atoms with Crippen LogP contribution in [0.5, 0.6) is 5.75 Å². The van der Waals surface area contributed by atoms with Gasteiger partial charge < -0.3 is 19.5 Å². The quantitative estimate of drug-likeness (QED) is 0.367. The number of aliphatic carboxylic acids is 2. The SMILES string of the molecule is COc1ccc2cc(-c3nc(-c4ccc(CN5CCC(C(=O)O)(C(=O)O)CC5)cc4)no3)ccc2c1. The van der Waals surface area contributed by atoms with E-state index in [0.29, 0.717) is 31.3 Å². The largest absolute Gasteiger partial charge is 0.497 e. The van der Waals surface area contributed by atoms with Crippen LogP contribution < -0.4 is 4.74 Å². The normalized spacial score (nSPS) is 15.6. The number of carbonyl (C=O) groups is 2. The van der Waals surface area contributed by atoms with Gasteiger partial charge in [0.15, 0.2) is 5.41 Å². The highest BCUT2D eigenvalue weighted by Gasteiger charge is 2.48. The summed E-state index contributed by atoms with van der Waals surface area (Å²) < 4.78 is 10.8. The maximum absolute atomic E-state index is 11.5. The second-order valence-corrected chi connectivity index (χ2v) is 9.02. The van der Waals surface area contributed by atoms with Crippen molar-refractivity contribution in [1.29, 1.82) is 0 Å². The predicted octanol–water partition coefficient (Wildman–Crippen LogP) is 4.32. The fourth-order valence-electron chi connectivity index (χ4n) is 4.57. The smallest absolute Gasteiger partial charge is 0.321 e. The molecule has 2 N–H and O–H groups in total. The van der Waals surface area contributed by atoms with Crippen LogP contribution in [0.15, 0.2) is 65.2 Å². The molecule has 4 aromatic rings. The third-order valence-corrected chi connectivity index (χ3v) is 6.87. The molecule has 0 aliphatic carbocycles. The van der Waals surface area contributed by atoms with Crippen LogP contribution in [-0.2, 0) is 16.1 Å². The Kier molecular flexibility index (Phi) is 6.15. The van der Waals surface area contributed by atoms with Gasteiger partial charge in [0.05, 0.1) is 7.11 Å². The number of carboxylic acid groups (broad SMARTS) is 2. The standard InChI is InChI=1S/C27H25N3O6/c1-35-22-9-8-19-14-21(7-6-20(19)15-22)24-28-23(29-36-24)18-4-2-17(3-5-18)16-30-12-10-27(11-13-30,25(31)32)26(33)34/h2-9,14-15H,10-13,16H2,1H3,(H,31,32)(H,33,34). The summed E-state index contributed by atoms with van der Waals surface area (Å²) >= 11 is 0. The number of ether oxygens (including phenoxy) is 1. The molecule has 0 amide bonds. The van der Waals surface area contributed by atoms with Crippen molar-refractivity contribution in [1.82, 2.24) is 15.0 Å². The van der Waals surface area contributed by atoms with Crippen LogP contribution in [0.1, 0.15) is 18.4 Å². The Morgan fingerprint density at radius 3 is 2.25 bits per heavy atom. The summed E-state index contributed by atoms with van der Waals surface area (Å²) in [5, 5.41) is 25.0. The molecule has 9 heteroatoms. The van der Waals surface area contributed by atoms with Crippen molar-refractivity contribution in [3.8, 4) is 28.6 Å². The van der Waals surface area contributed by atoms with Crippen molar-refractivity contribution in [3.05, 3.63) is 66.2 Å². The van der Waals surface area contributed by atoms with Crippen molar-refractivity contribution in [3.63, 3.8) is 0 Å². The van der Waals surface area contributed by atoms with Crippen LogP contribution in [0, 0.1) is 5.41 Å². The Labute approximate surface area is 206 Å². The van der Waals surface area contributed by atoms with Gasteiger partial charge in [-0.1, -0.05) is 41.6 Å². The summed E-state index contributed by atoms with van der Waals surface area (Å²) in [7, 11) is 1.64. The van der Waals surface area contributed by atoms with Crippen LogP contribution in [0.4, 0.5) is 0 Å². The number of hydrogen-bond acceptors (Lipinski definition) is 7. The molecule has 3 aromatic carbocycles. The Morgan fingerprint density at radius 2 is 1.58 bits per heavy atom. The highest BCUT2D eigenvalue weighted by molar-refractivity contribution is 5.98. The van der Waals surface area contributed by atoms with Crippen LogP contribution in [-0.4, -0.2) is 57.4 Å². The van der Waals surface area contributed by atoms with E-state index in [1.165, 1.54) is 0 Å². The fourth-order valence-corrected chi connectivity index (χ4v) is 4.57. The van der Waals surface area contributed by atoms with Crippen LogP contribution in [0.2, 0.25) is 0 Å². The Morgan fingerprint density at radius 1 is 0.944 bits per heavy atom. The molecule has 1 saturated heterocycles. The number of fused-ring (bicyclic) bond motifs is 1. The van der Waals surface area contributed by atoms with Crippen molar-refractivity contribution in [2.24, 2.45) is 5.41 Å². The summed E-state index contributed by atoms with van der Waals surface area (Å²) in [6, 6.07) is 19.5. The van der Waals surface area contributed by atoms with Crippen molar-refractivity contribution in [2.45, 2.75) is 19.4 Å². The molecule has 0 atom stereocenters. The van der Waals surface area contributed by atoms with Gasteiger partial charge in [0.1, 0.15) is 5.75 Å². The molecule has 0 radical (unpaired) electrons. The molecule has 0 saturated carbocycles. The zero-order valence-electron chi connectivity index (χ0n) is 19.7. The molecule has 1 aromatic heterocycles. The van der Waals surface area contributed by atoms with Crippen molar-refractivity contribution < 1.29 is 29.1 Å². The maximum atomic E-state index is 11.5. The molecule has 5 rings (SSSR count). The lowest BCUT2D eigenvalue weighted by Crippen LogP contribution is -2.48. The number of likely N-dealkylation sites (tertiary alicyclic amines) is 1. The van der Waals surface area contributed by atoms with E-state index >= 15 is 0 Å². The fraction of sp³-hybridized carbons (Fsp3) is 0.259. The molecule has 2 heterocycles. The number of nitrogens with zero attached hydrogens (tertiary/aromatic N) is 3. The average molecular weight is 488 g/mol. The third-order valence-electron chi connectivity index (χ3n) is 6.87. The van der Waals surface area contributed by atoms with Gasteiger partial charge in [-0.25, -0.2) is 0 Å². The van der Waals surface area contributed by atoms with E-state index in [-0.39, 0.29) is 12.8 Å². The second-order valence-electron chi connectivity index (χ2n) is 9.02. The first kappa shape index (κ1) is 23.5. The monoisotopic (exact) mass is 487 g/mol. The molecule has 9 nitrogen and oxygen atoms in total. The van der Waals surface area contributed by atoms with Gasteiger partial charge in [0.2, 0.25) is 5.82 Å². The average Bonchev–Trinajstić information content (AvgIpc) is 3.39. The van der Waals surface area contributed by atoms with Crippen LogP contribution in [0.3, 0.4) is 0 Å². The second kappa shape index (κ2) is 9.43. The summed E-state index contributed by atoms with van der Waals surface area (Å²) in [5.41, 5.74) is 0.986. The molecule has 0 unspecified atom stereocenters. The first-order chi connectivity index (χ1) is 17.4. The van der Waals surface area contributed by atoms with Gasteiger partial charge in [-0.15, -0.1) is 0 Å². The molecular weight excluding hydrogens is 462 g/mol. The molecule has 1 fully saturated rings. The van der Waals surface area contributed by atoms with E-state index in [0.717, 1.165) is 33.2 Å². The maximum Gasteiger partial charge on any atom is 0.321 e. The zero-order chi connectivity index (χ0) is 25.3. The van der Waals surface area contributed by atoms with Gasteiger partial charge in [0.25, 0.3) is 5.89 Å². The van der Waals surface area contributed by atoms with Crippen molar-refractivity contribution >= 4 is 22.7 Å². The number of aromatic nitrogens is 2. The number of carboxylic acids is 2. The van der Waals surface area contributed by atoms with E-state index in [9.17, 15) is 19.8 Å². The molecule has 1 aliphatic heterocycles. The number of rotatable bonds is 7. The zero-order valence-corrected chi connectivity index (χ0v) is 19.7. The van der Waals surface area contributed by atoms with E-state index in [4.69, 9.17) is 9.26 Å². The lowest BCUT2D eigenvalue weighted by atomic mass is 9.78. The topological polar surface area (TPSA) is 126 Å². The van der Waals surface area contributed by atoms with Gasteiger partial charge in [-0.05, 0) is 53.4 Å². The van der Waals surface area contributed by atoms with E-state index in [2.05, 4.69) is 15.0 Å². The molecule has 184 valence electrons. The van der Waals surface area contributed by atoms with Gasteiger partial charge in [-0.3, -0.25) is 14.5 Å². The number of piperidine rings is 1. The first-order valence-electron chi connectivity index (χ1n) is 11.6. The Balaban J connectivity index is 1.26. The van der Waals surface area contributed by atoms with E-state index < -0.39 is 17.4 Å². The van der Waals surface area contributed by atoms with Gasteiger partial charge in [-0.2, -0.15) is 4.98 Å². The predicted molar refractivity (Wildman–Crippen MR) is 131 cm³/mol. The Bertz CT molecular complexity index is 1410. The highest BCUT2D eigenvalue weighted by Crippen LogP contribution is 2.33. The minimum Gasteiger partial charge on any atom is -0.497 e. The van der Waals surface area contributed by atoms with Crippen LogP contribution >= 0.6 is 0 Å². The first-order valence-corrected chi connectivity index (χ1v) is 11.6. The number of methoxy groups -OCH3 is 1. The van der Waals surface area contributed by atoms with E-state index in [1.807, 2.05) is 60.7 Å². The molecule has 1 aliphatic rings. The third kappa shape index (κ3) is 4.40. The van der Waals surface area contributed by atoms with E-state index in [1.54, 1.807) is 7.11 Å². The number of hydrogen-bond donors (Lipinski definition) is 2. The number of benzene rings is 3. The molecule has 0 bridgehead atoms. The Hall–Kier alpha value is -4.24. The summed E-state index contributed by atoms with van der Waals surface area (Å²) in [4.78, 5) is 29.6. The minimum absolute atomic E-state index is 0.0870. The molecular formula is C27H25N3O6. The lowest BCUT2D eigenvalue weighted by molar-refractivity contribution is -0.168. The highest BCUT2D eigenvalue weighted by atomic mass is 16.5. The molecule has 0 spiro atoms. The van der Waals surface area contributed by atoms with Gasteiger partial charge in [0, 0.05) is 30.8 Å². The summed E-state index contributed by atoms with van der Waals surface area (Å²) in [6.07, 6.45) is 0.174. The lowest BCUT2D eigenvalue weighted by Gasteiger charge is -2.36. The molecule has 36 heavy (non-hydrogen) atoms. The summed E-state index contributed by atoms with van der Waals surface area (Å²) in [5.74, 6) is -0.810. The minimum atomic E-state index is -1.69. The van der Waals surface area contributed by atoms with Crippen molar-refractivity contribution in [2.75, 3.05) is 20.2 Å². The summed E-state index contributed by atoms with van der Waals surface area (Å²) in [6.45, 7) is 1.43.